The number of carboxylic acids is 1. The third-order valence-corrected chi connectivity index (χ3v) is 7.64. The molecule has 180 valence electrons. The smallest absolute Gasteiger partial charge is 0.326 e. The maximum Gasteiger partial charge on any atom is 0.326 e. The molecule has 7 nitrogen and oxygen atoms in total. The van der Waals surface area contributed by atoms with Gasteiger partial charge in [-0.3, -0.25) is 4.79 Å². The number of carboxylic acid groups (broad SMARTS) is 1. The van der Waals surface area contributed by atoms with Crippen LogP contribution in [0.15, 0.2) is 46.8 Å². The summed E-state index contributed by atoms with van der Waals surface area (Å²) in [6, 6.07) is 12.5. The van der Waals surface area contributed by atoms with Crippen LogP contribution in [-0.4, -0.2) is 51.0 Å². The van der Waals surface area contributed by atoms with Crippen molar-refractivity contribution in [1.82, 2.24) is 15.5 Å². The lowest BCUT2D eigenvalue weighted by atomic mass is 9.93. The highest BCUT2D eigenvalue weighted by atomic mass is 32.2. The Morgan fingerprint density at radius 2 is 1.94 bits per heavy atom. The van der Waals surface area contributed by atoms with E-state index in [9.17, 15) is 14.7 Å². The summed E-state index contributed by atoms with van der Waals surface area (Å²) in [4.78, 5) is 24.8. The molecule has 1 aromatic heterocycles. The summed E-state index contributed by atoms with van der Waals surface area (Å²) >= 11 is 4.72. The van der Waals surface area contributed by atoms with Gasteiger partial charge in [0.05, 0.1) is 0 Å². The van der Waals surface area contributed by atoms with Gasteiger partial charge < -0.3 is 15.7 Å². The quantitative estimate of drug-likeness (QED) is 0.283. The van der Waals surface area contributed by atoms with Crippen LogP contribution in [0.4, 0.5) is 5.13 Å². The van der Waals surface area contributed by atoms with E-state index in [1.165, 1.54) is 11.3 Å². The molecule has 1 heterocycles. The van der Waals surface area contributed by atoms with Crippen LogP contribution in [-0.2, 0) is 11.3 Å². The lowest BCUT2D eigenvalue weighted by Crippen LogP contribution is -2.41. The Balaban J connectivity index is 1.87. The normalized spacial score (nSPS) is 11.7. The number of nitrogens with zero attached hydrogens (tertiary/aromatic N) is 2. The van der Waals surface area contributed by atoms with E-state index in [0.29, 0.717) is 24.3 Å². The average molecular weight is 517 g/mol. The van der Waals surface area contributed by atoms with Crippen LogP contribution >= 0.6 is 34.9 Å². The van der Waals surface area contributed by atoms with Crippen molar-refractivity contribution in [2.24, 2.45) is 0 Å². The summed E-state index contributed by atoms with van der Waals surface area (Å²) in [5, 5.41) is 24.6. The predicted molar refractivity (Wildman–Crippen MR) is 142 cm³/mol. The number of aryl methyl sites for hydroxylation is 1. The molecule has 0 spiro atoms. The molecule has 0 saturated carbocycles. The molecule has 34 heavy (non-hydrogen) atoms. The second-order valence-electron chi connectivity index (χ2n) is 7.50. The second kappa shape index (κ2) is 12.8. The van der Waals surface area contributed by atoms with Gasteiger partial charge in [0, 0.05) is 12.1 Å². The predicted octanol–water partition coefficient (Wildman–Crippen LogP) is 5.17. The van der Waals surface area contributed by atoms with Gasteiger partial charge in [0.2, 0.25) is 5.13 Å². The molecule has 3 aromatic rings. The molecule has 10 heteroatoms. The number of aliphatic carboxylic acids is 1. The zero-order valence-electron chi connectivity index (χ0n) is 19.3. The highest BCUT2D eigenvalue weighted by molar-refractivity contribution is 8.01. The summed E-state index contributed by atoms with van der Waals surface area (Å²) in [5.74, 6) is 0.170. The summed E-state index contributed by atoms with van der Waals surface area (Å²) in [6.45, 7) is 4.59. The minimum absolute atomic E-state index is 0.365. The fraction of sp³-hybridized carbons (Fsp3) is 0.333. The van der Waals surface area contributed by atoms with Crippen LogP contribution in [0.2, 0.25) is 0 Å². The molecule has 1 amide bonds. The maximum absolute atomic E-state index is 13.2. The second-order valence-corrected chi connectivity index (χ2v) is 11.0. The zero-order valence-corrected chi connectivity index (χ0v) is 21.8. The molecule has 0 unspecified atom stereocenters. The van der Waals surface area contributed by atoms with Crippen LogP contribution in [0.1, 0.15) is 34.8 Å². The van der Waals surface area contributed by atoms with Gasteiger partial charge in [0.25, 0.3) is 5.91 Å². The number of anilines is 1. The molecule has 0 fully saturated rings. The average Bonchev–Trinajstić information content (AvgIpc) is 3.28. The van der Waals surface area contributed by atoms with Crippen LogP contribution in [0.25, 0.3) is 11.1 Å². The first-order valence-electron chi connectivity index (χ1n) is 10.8. The monoisotopic (exact) mass is 516 g/mol. The molecular formula is C24H28N4O3S3. The van der Waals surface area contributed by atoms with Gasteiger partial charge in [-0.1, -0.05) is 60.4 Å². The number of amides is 1. The van der Waals surface area contributed by atoms with Gasteiger partial charge in [-0.25, -0.2) is 4.79 Å². The fourth-order valence-corrected chi connectivity index (χ4v) is 5.48. The number of hydrogen-bond donors (Lipinski definition) is 3. The third-order valence-electron chi connectivity index (χ3n) is 5.10. The molecule has 0 saturated heterocycles. The standard InChI is InChI=1S/C24H28N4O3S3/c1-4-33-24-28-27-23(34-24)25-14-16-9-10-18(19(13-16)17-8-6-5-7-15(17)2)21(29)26-20(22(30)31)11-12-32-3/h5-10,13,20H,4,11-12,14H2,1-3H3,(H,25,27)(H,26,29)(H,30,31)/t20-/m0/s1. The molecule has 0 aliphatic heterocycles. The van der Waals surface area contributed by atoms with Crippen molar-refractivity contribution in [3.8, 4) is 11.1 Å². The Morgan fingerprint density at radius 3 is 2.65 bits per heavy atom. The van der Waals surface area contributed by atoms with E-state index < -0.39 is 17.9 Å². The van der Waals surface area contributed by atoms with Gasteiger partial charge in [0.15, 0.2) is 4.34 Å². The molecule has 0 aliphatic carbocycles. The lowest BCUT2D eigenvalue weighted by Gasteiger charge is -2.17. The number of carbonyl (C=O) groups is 2. The Hall–Kier alpha value is -2.56. The number of nitrogens with one attached hydrogen (secondary N) is 2. The first-order chi connectivity index (χ1) is 16.4. The van der Waals surface area contributed by atoms with Crippen molar-refractivity contribution < 1.29 is 14.7 Å². The molecular weight excluding hydrogens is 488 g/mol. The van der Waals surface area contributed by atoms with Gasteiger partial charge in [-0.05, 0) is 65.5 Å². The molecule has 1 atom stereocenters. The number of aromatic nitrogens is 2. The molecule has 0 aliphatic rings. The van der Waals surface area contributed by atoms with Gasteiger partial charge in [-0.15, -0.1) is 10.2 Å². The minimum Gasteiger partial charge on any atom is -0.480 e. The van der Waals surface area contributed by atoms with E-state index >= 15 is 0 Å². The van der Waals surface area contributed by atoms with Crippen molar-refractivity contribution in [3.05, 3.63) is 59.2 Å². The molecule has 0 bridgehead atoms. The topological polar surface area (TPSA) is 104 Å². The Bertz CT molecular complexity index is 1140. The first-order valence-corrected chi connectivity index (χ1v) is 14.0. The number of hydrogen-bond acceptors (Lipinski definition) is 8. The van der Waals surface area contributed by atoms with E-state index in [-0.39, 0.29) is 0 Å². The van der Waals surface area contributed by atoms with Crippen molar-refractivity contribution in [3.63, 3.8) is 0 Å². The Morgan fingerprint density at radius 1 is 1.15 bits per heavy atom. The van der Waals surface area contributed by atoms with E-state index in [1.54, 1.807) is 29.6 Å². The largest absolute Gasteiger partial charge is 0.480 e. The molecule has 2 aromatic carbocycles. The van der Waals surface area contributed by atoms with Crippen molar-refractivity contribution in [2.75, 3.05) is 23.1 Å². The van der Waals surface area contributed by atoms with Gasteiger partial charge in [-0.2, -0.15) is 11.8 Å². The van der Waals surface area contributed by atoms with E-state index in [2.05, 4.69) is 27.8 Å². The Kier molecular flexibility index (Phi) is 9.79. The SMILES string of the molecule is CCSc1nnc(NCc2ccc(C(=O)N[C@@H](CCSC)C(=O)O)c(-c3ccccc3C)c2)s1. The summed E-state index contributed by atoms with van der Waals surface area (Å²) < 4.78 is 0.923. The number of thioether (sulfide) groups is 2. The summed E-state index contributed by atoms with van der Waals surface area (Å²) in [5.41, 5.74) is 4.16. The molecule has 3 rings (SSSR count). The van der Waals surface area contributed by atoms with E-state index in [4.69, 9.17) is 0 Å². The van der Waals surface area contributed by atoms with Gasteiger partial charge in [0.1, 0.15) is 6.04 Å². The van der Waals surface area contributed by atoms with Crippen molar-refractivity contribution >= 4 is 51.9 Å². The highest BCUT2D eigenvalue weighted by Gasteiger charge is 2.22. The fourth-order valence-electron chi connectivity index (χ4n) is 3.37. The number of rotatable bonds is 12. The highest BCUT2D eigenvalue weighted by Crippen LogP contribution is 2.29. The van der Waals surface area contributed by atoms with Gasteiger partial charge >= 0.3 is 5.97 Å². The zero-order chi connectivity index (χ0) is 24.5. The van der Waals surface area contributed by atoms with E-state index in [1.807, 2.05) is 49.6 Å². The van der Waals surface area contributed by atoms with Crippen LogP contribution in [0.3, 0.4) is 0 Å². The summed E-state index contributed by atoms with van der Waals surface area (Å²) in [6.07, 6.45) is 2.28. The first kappa shape index (κ1) is 26.1. The van der Waals surface area contributed by atoms with Crippen LogP contribution in [0.5, 0.6) is 0 Å². The van der Waals surface area contributed by atoms with Crippen molar-refractivity contribution in [2.45, 2.75) is 37.2 Å². The molecule has 0 radical (unpaired) electrons. The summed E-state index contributed by atoms with van der Waals surface area (Å²) in [7, 11) is 0. The third kappa shape index (κ3) is 6.97. The lowest BCUT2D eigenvalue weighted by molar-refractivity contribution is -0.139. The van der Waals surface area contributed by atoms with Crippen LogP contribution in [0, 0.1) is 6.92 Å². The number of carbonyl (C=O) groups excluding carboxylic acids is 1. The van der Waals surface area contributed by atoms with Crippen LogP contribution < -0.4 is 10.6 Å². The van der Waals surface area contributed by atoms with E-state index in [0.717, 1.165) is 37.5 Å². The molecule has 3 N–H and O–H groups in total. The van der Waals surface area contributed by atoms with Crippen molar-refractivity contribution in [1.29, 1.82) is 0 Å². The minimum atomic E-state index is -1.03. The maximum atomic E-state index is 13.2. The number of benzene rings is 2. The Labute approximate surface area is 212 Å².